The van der Waals surface area contributed by atoms with Crippen LogP contribution in [0.1, 0.15) is 334 Å². The van der Waals surface area contributed by atoms with E-state index >= 15 is 0 Å². The minimum atomic E-state index is 0.553. The Hall–Kier alpha value is -2.08. The highest BCUT2D eigenvalue weighted by atomic mass is 14.7. The minimum absolute atomic E-state index is 0.553. The van der Waals surface area contributed by atoms with Crippen LogP contribution in [0.25, 0.3) is 21.5 Å². The van der Waals surface area contributed by atoms with Crippen LogP contribution in [0.2, 0.25) is 0 Å². The van der Waals surface area contributed by atoms with Crippen molar-refractivity contribution in [3.63, 3.8) is 0 Å². The van der Waals surface area contributed by atoms with Gasteiger partial charge in [-0.25, -0.2) is 0 Å². The van der Waals surface area contributed by atoms with Crippen molar-refractivity contribution in [3.05, 3.63) is 71.8 Å². The number of rotatable bonds is 11. The molecule has 0 aliphatic heterocycles. The van der Waals surface area contributed by atoms with Gasteiger partial charge < -0.3 is 0 Å². The zero-order valence-electron chi connectivity index (χ0n) is 64.4. The second-order valence-electron chi connectivity index (χ2n) is 41.2. The molecular formula is C94H148. The van der Waals surface area contributed by atoms with E-state index in [1.54, 1.807) is 122 Å². The van der Waals surface area contributed by atoms with E-state index in [-0.39, 0.29) is 0 Å². The summed E-state index contributed by atoms with van der Waals surface area (Å²) in [6.07, 6.45) is 57.8. The molecule has 0 heterocycles. The fraction of sp³-hybridized carbons (Fsp3) is 0.830. The van der Waals surface area contributed by atoms with E-state index in [1.165, 1.54) is 136 Å². The number of hydrogen-bond acceptors (Lipinski definition) is 0. The summed E-state index contributed by atoms with van der Waals surface area (Å²) in [4.78, 5) is 0. The summed E-state index contributed by atoms with van der Waals surface area (Å²) in [6, 6.07) is 19.4. The molecule has 3 aromatic rings. The Balaban J connectivity index is 0.000000112. The van der Waals surface area contributed by atoms with Crippen LogP contribution >= 0.6 is 0 Å². The van der Waals surface area contributed by atoms with Gasteiger partial charge in [0.15, 0.2) is 0 Å². The topological polar surface area (TPSA) is 0 Å². The van der Waals surface area contributed by atoms with E-state index in [4.69, 9.17) is 0 Å². The van der Waals surface area contributed by atoms with Gasteiger partial charge in [-0.15, -0.1) is 0 Å². The van der Waals surface area contributed by atoms with E-state index in [9.17, 15) is 0 Å². The molecule has 17 unspecified atom stereocenters. The molecule has 94 heavy (non-hydrogen) atoms. The average Bonchev–Trinajstić information content (AvgIpc) is 1.40. The molecule has 0 amide bonds. The molecule has 0 N–H and O–H groups in total. The number of allylic oxidation sites excluding steroid dienone is 2. The molecule has 15 saturated carbocycles. The van der Waals surface area contributed by atoms with E-state index in [0.29, 0.717) is 21.7 Å². The van der Waals surface area contributed by atoms with Crippen molar-refractivity contribution in [1.29, 1.82) is 0 Å². The standard InChI is InChI=1S/C28H50.C28H48.C15H12.C12H20.C11H18/c2*1-19(2)8-7-9-21(4)24-12-13-25-23-11-10-22-18-20(3)14-16-27(22,5)26(23)15-17-28(24,25)6;1-11-10-12-6-2-3-8-14(12)15-9-5-4-7-13(11)15;1-2-12-6-9-3-10(7-12)5-11(4-9)8-12;1-11-5-8-2-9(6-11)4-10(3-8)7-11/h19-26H,7-18H2,1-6H3;10,19-21,23-26H,7-9,11-18H2,1-6H3;2-10H,1H3;9-11H,2-8H2,1H3;8-10H,2-7H2,1H3. The summed E-state index contributed by atoms with van der Waals surface area (Å²) in [6.45, 7) is 37.8. The predicted molar refractivity (Wildman–Crippen MR) is 408 cm³/mol. The summed E-state index contributed by atoms with van der Waals surface area (Å²) >= 11 is 0. The molecule has 17 atom stereocenters. The van der Waals surface area contributed by atoms with Crippen molar-refractivity contribution in [3.8, 4) is 0 Å². The highest BCUT2D eigenvalue weighted by molar-refractivity contribution is 6.08. The van der Waals surface area contributed by atoms with Crippen molar-refractivity contribution in [2.45, 2.75) is 335 Å². The van der Waals surface area contributed by atoms with Crippen molar-refractivity contribution in [2.75, 3.05) is 0 Å². The smallest absolute Gasteiger partial charge is 0.00851 e. The summed E-state index contributed by atoms with van der Waals surface area (Å²) in [7, 11) is 0. The second kappa shape index (κ2) is 28.4. The number of fused-ring (bicyclic) bond motifs is 13. The molecular weight excluding hydrogens is 1130 g/mol. The average molecular weight is 1280 g/mol. The molecule has 0 heteroatoms. The first-order valence-corrected chi connectivity index (χ1v) is 42.5. The molecule has 16 aliphatic carbocycles. The molecule has 3 aromatic carbocycles. The first-order chi connectivity index (χ1) is 44.9. The molecule has 0 spiro atoms. The van der Waals surface area contributed by atoms with Crippen LogP contribution in [0, 0.1) is 164 Å². The van der Waals surface area contributed by atoms with Gasteiger partial charge in [0, 0.05) is 0 Å². The molecule has 15 fully saturated rings. The maximum atomic E-state index is 2.75. The SMILES string of the molecule is CC(C)CCCC(C)C1CCC2C3CC=C4CC(C)CCC4(C)C3CCC12C.CC(C)CCCC(C)C1CCC2C3CCC4CC(C)CCC4(C)C3CCC12C.CC12CC3CC(CC(C3)C1)C2.CCC12CC3CC(CC(C3)C1)C2.Cc1cc2ccccc2c2ccccc12. The Kier molecular flexibility index (Phi) is 21.2. The van der Waals surface area contributed by atoms with E-state index in [1.807, 2.05) is 5.57 Å². The fourth-order valence-electron chi connectivity index (χ4n) is 29.9. The Morgan fingerprint density at radius 1 is 0.447 bits per heavy atom. The van der Waals surface area contributed by atoms with Gasteiger partial charge in [-0.3, -0.25) is 0 Å². The lowest BCUT2D eigenvalue weighted by Gasteiger charge is -2.61. The monoisotopic (exact) mass is 1280 g/mol. The molecule has 0 aromatic heterocycles. The normalized spacial score (nSPS) is 44.6. The van der Waals surface area contributed by atoms with E-state index in [0.717, 1.165) is 135 Å². The quantitative estimate of drug-likeness (QED) is 0.133. The Bertz CT molecular complexity index is 2950. The maximum Gasteiger partial charge on any atom is -0.00851 e. The second-order valence-corrected chi connectivity index (χ2v) is 41.2. The molecule has 8 bridgehead atoms. The first kappa shape index (κ1) is 70.4. The van der Waals surface area contributed by atoms with Crippen LogP contribution in [-0.4, -0.2) is 0 Å². The highest BCUT2D eigenvalue weighted by Gasteiger charge is 2.62. The van der Waals surface area contributed by atoms with Crippen LogP contribution in [0.4, 0.5) is 0 Å². The van der Waals surface area contributed by atoms with Gasteiger partial charge in [0.05, 0.1) is 0 Å². The van der Waals surface area contributed by atoms with Crippen LogP contribution in [0.5, 0.6) is 0 Å². The number of aryl methyl sites for hydroxylation is 1. The Morgan fingerprint density at radius 3 is 1.47 bits per heavy atom. The molecule has 19 rings (SSSR count). The van der Waals surface area contributed by atoms with Gasteiger partial charge in [0.2, 0.25) is 0 Å². The van der Waals surface area contributed by atoms with Gasteiger partial charge in [0.1, 0.15) is 0 Å². The zero-order chi connectivity index (χ0) is 66.1. The number of benzene rings is 3. The summed E-state index contributed by atoms with van der Waals surface area (Å²) in [5.41, 5.74) is 7.42. The lowest BCUT2D eigenvalue weighted by molar-refractivity contribution is -0.120. The summed E-state index contributed by atoms with van der Waals surface area (Å²) in [5.74, 6) is 21.7. The van der Waals surface area contributed by atoms with Crippen molar-refractivity contribution in [2.24, 2.45) is 157 Å². The third kappa shape index (κ3) is 14.1. The van der Waals surface area contributed by atoms with Gasteiger partial charge in [-0.2, -0.15) is 0 Å². The lowest BCUT2D eigenvalue weighted by atomic mass is 9.44. The van der Waals surface area contributed by atoms with Crippen molar-refractivity contribution < 1.29 is 0 Å². The summed E-state index contributed by atoms with van der Waals surface area (Å²) in [5, 5.41) is 5.39. The van der Waals surface area contributed by atoms with Crippen LogP contribution in [0.3, 0.4) is 0 Å². The van der Waals surface area contributed by atoms with Gasteiger partial charge >= 0.3 is 0 Å². The van der Waals surface area contributed by atoms with Gasteiger partial charge in [-0.1, -0.05) is 215 Å². The Morgan fingerprint density at radius 2 is 0.926 bits per heavy atom. The van der Waals surface area contributed by atoms with Crippen molar-refractivity contribution >= 4 is 21.5 Å². The predicted octanol–water partition coefficient (Wildman–Crippen LogP) is 28.5. The minimum Gasteiger partial charge on any atom is -0.0845 e. The molecule has 524 valence electrons. The molecule has 0 radical (unpaired) electrons. The van der Waals surface area contributed by atoms with Crippen LogP contribution in [0.15, 0.2) is 66.2 Å². The molecule has 16 aliphatic rings. The fourth-order valence-corrected chi connectivity index (χ4v) is 29.9. The van der Waals surface area contributed by atoms with Gasteiger partial charge in [-0.05, 0) is 371 Å². The third-order valence-corrected chi connectivity index (χ3v) is 33.9. The van der Waals surface area contributed by atoms with Crippen LogP contribution < -0.4 is 0 Å². The largest absolute Gasteiger partial charge is 0.0845 e. The number of hydrogen-bond donors (Lipinski definition) is 0. The van der Waals surface area contributed by atoms with E-state index < -0.39 is 0 Å². The first-order valence-electron chi connectivity index (χ1n) is 42.5. The molecule has 0 nitrogen and oxygen atoms in total. The van der Waals surface area contributed by atoms with Crippen LogP contribution in [-0.2, 0) is 0 Å². The highest BCUT2D eigenvalue weighted by Crippen LogP contribution is 2.71. The summed E-state index contributed by atoms with van der Waals surface area (Å²) < 4.78 is 0. The lowest BCUT2D eigenvalue weighted by Crippen LogP contribution is -2.53. The maximum absolute atomic E-state index is 2.75. The van der Waals surface area contributed by atoms with Crippen molar-refractivity contribution in [1.82, 2.24) is 0 Å². The molecule has 0 saturated heterocycles. The third-order valence-electron chi connectivity index (χ3n) is 33.9. The zero-order valence-corrected chi connectivity index (χ0v) is 64.4. The Labute approximate surface area is 581 Å². The van der Waals surface area contributed by atoms with Gasteiger partial charge in [0.25, 0.3) is 0 Å². The van der Waals surface area contributed by atoms with E-state index in [2.05, 4.69) is 165 Å².